The van der Waals surface area contributed by atoms with Crippen molar-refractivity contribution in [2.75, 3.05) is 12.9 Å². The van der Waals surface area contributed by atoms with E-state index in [0.717, 1.165) is 28.6 Å². The van der Waals surface area contributed by atoms with E-state index in [1.54, 1.807) is 29.5 Å². The lowest BCUT2D eigenvalue weighted by Gasteiger charge is -2.09. The Labute approximate surface area is 166 Å². The molecule has 0 aliphatic heterocycles. The molecule has 0 aliphatic rings. The Morgan fingerprint density at radius 2 is 1.93 bits per heavy atom. The first kappa shape index (κ1) is 18.3. The Balaban J connectivity index is 1.67. The van der Waals surface area contributed by atoms with Gasteiger partial charge in [-0.3, -0.25) is 13.8 Å². The van der Waals surface area contributed by atoms with Crippen molar-refractivity contribution >= 4 is 28.4 Å². The molecule has 0 saturated heterocycles. The number of ether oxygens (including phenoxy) is 1. The maximum absolute atomic E-state index is 12.8. The number of thioether (sulfide) groups is 1. The van der Waals surface area contributed by atoms with Gasteiger partial charge in [-0.15, -0.1) is 16.8 Å². The third kappa shape index (κ3) is 3.29. The van der Waals surface area contributed by atoms with E-state index in [1.807, 2.05) is 40.8 Å². The summed E-state index contributed by atoms with van der Waals surface area (Å²) in [5.74, 6) is 2.24. The molecule has 142 valence electrons. The highest BCUT2D eigenvalue weighted by molar-refractivity contribution is 7.99. The van der Waals surface area contributed by atoms with Crippen molar-refractivity contribution in [1.82, 2.24) is 19.2 Å². The Kier molecular flexibility index (Phi) is 5.16. The molecule has 0 aliphatic carbocycles. The molecule has 0 fully saturated rings. The predicted octanol–water partition coefficient (Wildman–Crippen LogP) is 3.57. The largest absolute Gasteiger partial charge is 0.497 e. The van der Waals surface area contributed by atoms with E-state index in [0.29, 0.717) is 17.7 Å². The highest BCUT2D eigenvalue weighted by Crippen LogP contribution is 2.23. The van der Waals surface area contributed by atoms with Crippen molar-refractivity contribution in [2.24, 2.45) is 0 Å². The van der Waals surface area contributed by atoms with Crippen LogP contribution in [0.2, 0.25) is 0 Å². The second kappa shape index (κ2) is 7.90. The third-order valence-electron chi connectivity index (χ3n) is 4.57. The van der Waals surface area contributed by atoms with Gasteiger partial charge in [-0.1, -0.05) is 42.1 Å². The minimum atomic E-state index is -0.0785. The molecular weight excluding hydrogens is 372 g/mol. The van der Waals surface area contributed by atoms with E-state index in [-0.39, 0.29) is 5.56 Å². The van der Waals surface area contributed by atoms with Gasteiger partial charge in [-0.2, -0.15) is 0 Å². The van der Waals surface area contributed by atoms with Crippen molar-refractivity contribution in [3.8, 4) is 5.75 Å². The minimum Gasteiger partial charge on any atom is -0.497 e. The van der Waals surface area contributed by atoms with E-state index in [4.69, 9.17) is 4.74 Å². The van der Waals surface area contributed by atoms with Crippen molar-refractivity contribution < 1.29 is 4.74 Å². The molecule has 2 heterocycles. The Morgan fingerprint density at radius 1 is 1.14 bits per heavy atom. The van der Waals surface area contributed by atoms with Gasteiger partial charge >= 0.3 is 0 Å². The van der Waals surface area contributed by atoms with E-state index >= 15 is 0 Å². The van der Waals surface area contributed by atoms with Crippen molar-refractivity contribution in [3.63, 3.8) is 0 Å². The fraction of sp³-hybridized carbons (Fsp3) is 0.190. The number of methoxy groups -OCH3 is 1. The Morgan fingerprint density at radius 3 is 2.68 bits per heavy atom. The molecule has 0 bridgehead atoms. The maximum Gasteiger partial charge on any atom is 0.263 e. The molecule has 0 amide bonds. The molecule has 0 radical (unpaired) electrons. The Hall–Kier alpha value is -3.06. The van der Waals surface area contributed by atoms with Gasteiger partial charge in [-0.05, 0) is 36.2 Å². The first-order valence-corrected chi connectivity index (χ1v) is 9.95. The van der Waals surface area contributed by atoms with Crippen LogP contribution in [-0.4, -0.2) is 32.0 Å². The summed E-state index contributed by atoms with van der Waals surface area (Å²) in [6.07, 6.45) is 2.59. The van der Waals surface area contributed by atoms with E-state index < -0.39 is 0 Å². The van der Waals surface area contributed by atoms with Crippen LogP contribution >= 0.6 is 11.8 Å². The molecule has 0 unspecified atom stereocenters. The lowest BCUT2D eigenvalue weighted by atomic mass is 10.2. The summed E-state index contributed by atoms with van der Waals surface area (Å²) in [5.41, 5.74) is 1.97. The van der Waals surface area contributed by atoms with Crippen LogP contribution in [0.25, 0.3) is 16.7 Å². The number of hydrogen-bond donors (Lipinski definition) is 0. The maximum atomic E-state index is 12.8. The smallest absolute Gasteiger partial charge is 0.263 e. The normalized spacial score (nSPS) is 11.2. The molecule has 28 heavy (non-hydrogen) atoms. The van der Waals surface area contributed by atoms with Gasteiger partial charge in [0.1, 0.15) is 5.75 Å². The lowest BCUT2D eigenvalue weighted by molar-refractivity contribution is 0.414. The number of hydrogen-bond acceptors (Lipinski definition) is 5. The molecule has 0 spiro atoms. The van der Waals surface area contributed by atoms with Crippen LogP contribution in [0.5, 0.6) is 5.75 Å². The second-order valence-corrected chi connectivity index (χ2v) is 7.35. The molecule has 0 saturated carbocycles. The summed E-state index contributed by atoms with van der Waals surface area (Å²) in [7, 11) is 1.66. The zero-order valence-corrected chi connectivity index (χ0v) is 16.4. The van der Waals surface area contributed by atoms with Crippen LogP contribution in [0.1, 0.15) is 5.56 Å². The molecule has 2 aromatic carbocycles. The topological polar surface area (TPSA) is 61.4 Å². The van der Waals surface area contributed by atoms with Gasteiger partial charge < -0.3 is 4.74 Å². The molecule has 4 aromatic rings. The van der Waals surface area contributed by atoms with E-state index in [1.165, 1.54) is 5.56 Å². The van der Waals surface area contributed by atoms with E-state index in [2.05, 4.69) is 28.9 Å². The molecule has 7 heteroatoms. The lowest BCUT2D eigenvalue weighted by Crippen LogP contribution is -2.22. The zero-order chi connectivity index (χ0) is 19.5. The van der Waals surface area contributed by atoms with Gasteiger partial charge in [0.2, 0.25) is 5.78 Å². The zero-order valence-electron chi connectivity index (χ0n) is 15.5. The van der Waals surface area contributed by atoms with Crippen molar-refractivity contribution in [2.45, 2.75) is 18.1 Å². The summed E-state index contributed by atoms with van der Waals surface area (Å²) in [4.78, 5) is 12.8. The molecular formula is C21H20N4O2S. The fourth-order valence-corrected chi connectivity index (χ4v) is 4.10. The molecule has 4 rings (SSSR count). The Bertz CT molecular complexity index is 1190. The van der Waals surface area contributed by atoms with Gasteiger partial charge in [0.05, 0.1) is 18.0 Å². The summed E-state index contributed by atoms with van der Waals surface area (Å²) in [5, 5.41) is 10.1. The van der Waals surface area contributed by atoms with Crippen LogP contribution in [-0.2, 0) is 13.0 Å². The summed E-state index contributed by atoms with van der Waals surface area (Å²) >= 11 is 1.63. The van der Waals surface area contributed by atoms with Crippen molar-refractivity contribution in [3.05, 3.63) is 77.1 Å². The van der Waals surface area contributed by atoms with Crippen LogP contribution in [0.4, 0.5) is 0 Å². The number of nitrogens with zero attached hydrogens (tertiary/aromatic N) is 4. The highest BCUT2D eigenvalue weighted by Gasteiger charge is 2.15. The van der Waals surface area contributed by atoms with Gasteiger partial charge in [0.25, 0.3) is 5.56 Å². The second-order valence-electron chi connectivity index (χ2n) is 6.29. The van der Waals surface area contributed by atoms with Crippen LogP contribution < -0.4 is 10.3 Å². The standard InChI is InChI=1S/C21H20N4O2S/c1-3-13-24-19(26)17-6-4-5-7-18(17)25-20(24)22-23-21(25)28-14-12-15-8-10-16(27-2)11-9-15/h3-11H,1,12-14H2,2H3. The minimum absolute atomic E-state index is 0.0785. The number of aromatic nitrogens is 4. The molecule has 6 nitrogen and oxygen atoms in total. The fourth-order valence-electron chi connectivity index (χ4n) is 3.17. The number of aryl methyl sites for hydroxylation is 1. The molecule has 0 atom stereocenters. The third-order valence-corrected chi connectivity index (χ3v) is 5.50. The van der Waals surface area contributed by atoms with E-state index in [9.17, 15) is 4.79 Å². The van der Waals surface area contributed by atoms with Gasteiger partial charge in [0.15, 0.2) is 5.16 Å². The van der Waals surface area contributed by atoms with Gasteiger partial charge in [0, 0.05) is 12.3 Å². The number of fused-ring (bicyclic) bond motifs is 3. The average Bonchev–Trinajstić information content (AvgIpc) is 3.15. The monoisotopic (exact) mass is 392 g/mol. The summed E-state index contributed by atoms with van der Waals surface area (Å²) < 4.78 is 8.76. The number of allylic oxidation sites excluding steroid dienone is 1. The average molecular weight is 392 g/mol. The number of benzene rings is 2. The first-order valence-electron chi connectivity index (χ1n) is 8.96. The van der Waals surface area contributed by atoms with Gasteiger partial charge in [-0.25, -0.2) is 0 Å². The SMILES string of the molecule is C=CCn1c(=O)c2ccccc2n2c(SCCc3ccc(OC)cc3)nnc12. The van der Waals surface area contributed by atoms with Crippen LogP contribution in [0.15, 0.2) is 71.1 Å². The number of rotatable bonds is 7. The highest BCUT2D eigenvalue weighted by atomic mass is 32.2. The predicted molar refractivity (Wildman–Crippen MR) is 112 cm³/mol. The quantitative estimate of drug-likeness (QED) is 0.355. The first-order chi connectivity index (χ1) is 13.7. The molecule has 0 N–H and O–H groups in total. The molecule has 2 aromatic heterocycles. The van der Waals surface area contributed by atoms with Crippen LogP contribution in [0, 0.1) is 0 Å². The number of para-hydroxylation sites is 1. The van der Waals surface area contributed by atoms with Crippen LogP contribution in [0.3, 0.4) is 0 Å². The van der Waals surface area contributed by atoms with Crippen molar-refractivity contribution in [1.29, 1.82) is 0 Å². The summed E-state index contributed by atoms with van der Waals surface area (Å²) in [6, 6.07) is 15.6. The summed E-state index contributed by atoms with van der Waals surface area (Å²) in [6.45, 7) is 4.15.